The maximum absolute atomic E-state index is 13.7. The van der Waals surface area contributed by atoms with Crippen LogP contribution in [0.25, 0.3) is 22.6 Å². The van der Waals surface area contributed by atoms with E-state index >= 15 is 0 Å². The first-order valence-electron chi connectivity index (χ1n) is 11.7. The Morgan fingerprint density at radius 2 is 1.28 bits per heavy atom. The second-order valence-corrected chi connectivity index (χ2v) is 10.7. The second-order valence-electron chi connectivity index (χ2n) is 8.42. The first kappa shape index (κ1) is 23.7. The summed E-state index contributed by atoms with van der Waals surface area (Å²) in [5, 5.41) is 0. The Morgan fingerprint density at radius 3 is 1.81 bits per heavy atom. The van der Waals surface area contributed by atoms with Gasteiger partial charge in [0.05, 0.1) is 16.6 Å². The van der Waals surface area contributed by atoms with Gasteiger partial charge in [0.25, 0.3) is 0 Å². The zero-order valence-electron chi connectivity index (χ0n) is 19.6. The molecular formula is C30H24FNO3S. The lowest BCUT2D eigenvalue weighted by atomic mass is 9.91. The van der Waals surface area contributed by atoms with E-state index in [-0.39, 0.29) is 22.4 Å². The average molecular weight is 498 g/mol. The van der Waals surface area contributed by atoms with Gasteiger partial charge in [-0.2, -0.15) is 0 Å². The summed E-state index contributed by atoms with van der Waals surface area (Å²) in [6.07, 6.45) is 0. The molecule has 0 fully saturated rings. The van der Waals surface area contributed by atoms with Crippen LogP contribution < -0.4 is 0 Å². The van der Waals surface area contributed by atoms with Crippen LogP contribution in [0, 0.1) is 5.82 Å². The molecule has 1 heterocycles. The molecular weight excluding hydrogens is 473 g/mol. The van der Waals surface area contributed by atoms with Crippen LogP contribution in [0.15, 0.2) is 119 Å². The van der Waals surface area contributed by atoms with E-state index in [0.717, 1.165) is 11.1 Å². The second kappa shape index (κ2) is 9.91. The zero-order chi connectivity index (χ0) is 25.1. The SMILES string of the molecule is CCS(=O)(=O)c1ccc(-c2oc(C(c3ccccc3)c3ccccc3)nc2-c2ccc(F)cc2)cc1. The minimum Gasteiger partial charge on any atom is -0.439 e. The number of hydrogen-bond acceptors (Lipinski definition) is 4. The van der Waals surface area contributed by atoms with Crippen molar-refractivity contribution in [1.29, 1.82) is 0 Å². The lowest BCUT2D eigenvalue weighted by Gasteiger charge is -2.14. The quantitative estimate of drug-likeness (QED) is 0.240. The fraction of sp³-hybridized carbons (Fsp3) is 0.100. The Morgan fingerprint density at radius 1 is 0.750 bits per heavy atom. The van der Waals surface area contributed by atoms with Crippen LogP contribution in [-0.4, -0.2) is 19.2 Å². The largest absolute Gasteiger partial charge is 0.439 e. The van der Waals surface area contributed by atoms with Gasteiger partial charge in [-0.15, -0.1) is 0 Å². The molecule has 1 aromatic heterocycles. The van der Waals surface area contributed by atoms with Crippen molar-refractivity contribution in [2.75, 3.05) is 5.75 Å². The first-order chi connectivity index (χ1) is 17.5. The maximum Gasteiger partial charge on any atom is 0.207 e. The van der Waals surface area contributed by atoms with Gasteiger partial charge in [-0.3, -0.25) is 0 Å². The molecule has 0 bridgehead atoms. The molecule has 6 heteroatoms. The molecule has 36 heavy (non-hydrogen) atoms. The van der Waals surface area contributed by atoms with Crippen molar-refractivity contribution in [3.05, 3.63) is 132 Å². The van der Waals surface area contributed by atoms with Gasteiger partial charge in [0.2, 0.25) is 5.89 Å². The van der Waals surface area contributed by atoms with Gasteiger partial charge in [-0.1, -0.05) is 67.6 Å². The number of sulfone groups is 1. The Balaban J connectivity index is 1.69. The molecule has 0 atom stereocenters. The summed E-state index contributed by atoms with van der Waals surface area (Å²) in [6, 6.07) is 32.6. The summed E-state index contributed by atoms with van der Waals surface area (Å²) in [4.78, 5) is 5.17. The third-order valence-corrected chi connectivity index (χ3v) is 7.88. The molecule has 180 valence electrons. The lowest BCUT2D eigenvalue weighted by molar-refractivity contribution is 0.499. The number of rotatable bonds is 7. The molecule has 5 aromatic rings. The van der Waals surface area contributed by atoms with E-state index in [2.05, 4.69) is 0 Å². The van der Waals surface area contributed by atoms with E-state index in [9.17, 15) is 12.8 Å². The van der Waals surface area contributed by atoms with E-state index in [4.69, 9.17) is 9.40 Å². The van der Waals surface area contributed by atoms with Crippen molar-refractivity contribution in [2.24, 2.45) is 0 Å². The summed E-state index contributed by atoms with van der Waals surface area (Å²) in [5.41, 5.74) is 3.99. The van der Waals surface area contributed by atoms with Crippen molar-refractivity contribution < 1.29 is 17.2 Å². The van der Waals surface area contributed by atoms with Crippen molar-refractivity contribution >= 4 is 9.84 Å². The lowest BCUT2D eigenvalue weighted by Crippen LogP contribution is -2.03. The highest BCUT2D eigenvalue weighted by Crippen LogP contribution is 2.39. The van der Waals surface area contributed by atoms with E-state index in [1.54, 1.807) is 43.3 Å². The van der Waals surface area contributed by atoms with E-state index in [0.29, 0.717) is 28.5 Å². The van der Waals surface area contributed by atoms with Crippen molar-refractivity contribution in [3.8, 4) is 22.6 Å². The molecule has 0 aliphatic rings. The Bertz CT molecular complexity index is 1520. The Hall–Kier alpha value is -4.03. The van der Waals surface area contributed by atoms with E-state index < -0.39 is 9.84 Å². The van der Waals surface area contributed by atoms with Crippen molar-refractivity contribution in [2.45, 2.75) is 17.7 Å². The van der Waals surface area contributed by atoms with Gasteiger partial charge in [0.1, 0.15) is 11.5 Å². The molecule has 5 rings (SSSR count). The minimum absolute atomic E-state index is 0.0233. The molecule has 0 spiro atoms. The summed E-state index contributed by atoms with van der Waals surface area (Å²) in [6.45, 7) is 1.62. The molecule has 0 N–H and O–H groups in total. The molecule has 4 aromatic carbocycles. The summed E-state index contributed by atoms with van der Waals surface area (Å²) < 4.78 is 44.8. The predicted molar refractivity (Wildman–Crippen MR) is 139 cm³/mol. The number of halogens is 1. The maximum atomic E-state index is 13.7. The van der Waals surface area contributed by atoms with Crippen LogP contribution in [-0.2, 0) is 9.84 Å². The molecule has 0 aliphatic heterocycles. The molecule has 0 aliphatic carbocycles. The van der Waals surface area contributed by atoms with Crippen LogP contribution in [0.4, 0.5) is 4.39 Å². The number of oxazole rings is 1. The molecule has 0 saturated heterocycles. The van der Waals surface area contributed by atoms with Crippen LogP contribution in [0.1, 0.15) is 29.9 Å². The van der Waals surface area contributed by atoms with E-state index in [1.165, 1.54) is 12.1 Å². The highest BCUT2D eigenvalue weighted by Gasteiger charge is 2.26. The first-order valence-corrected chi connectivity index (χ1v) is 13.3. The highest BCUT2D eigenvalue weighted by atomic mass is 32.2. The van der Waals surface area contributed by atoms with Crippen molar-refractivity contribution in [3.63, 3.8) is 0 Å². The van der Waals surface area contributed by atoms with Gasteiger partial charge >= 0.3 is 0 Å². The van der Waals surface area contributed by atoms with Crippen LogP contribution in [0.3, 0.4) is 0 Å². The van der Waals surface area contributed by atoms with Gasteiger partial charge in [0, 0.05) is 11.1 Å². The predicted octanol–water partition coefficient (Wildman–Crippen LogP) is 7.12. The van der Waals surface area contributed by atoms with Gasteiger partial charge < -0.3 is 4.42 Å². The standard InChI is InChI=1S/C30H24FNO3S/c1-2-36(33,34)26-19-15-24(16-20-26)29-28(23-13-17-25(31)18-14-23)32-30(35-29)27(21-9-5-3-6-10-21)22-11-7-4-8-12-22/h3-20,27H,2H2,1H3. The van der Waals surface area contributed by atoms with Crippen molar-refractivity contribution in [1.82, 2.24) is 4.98 Å². The zero-order valence-corrected chi connectivity index (χ0v) is 20.5. The number of benzene rings is 4. The minimum atomic E-state index is -3.33. The summed E-state index contributed by atoms with van der Waals surface area (Å²) >= 11 is 0. The average Bonchev–Trinajstić information content (AvgIpc) is 3.35. The van der Waals surface area contributed by atoms with Gasteiger partial charge in [-0.05, 0) is 59.7 Å². The third kappa shape index (κ3) is 4.72. The normalized spacial score (nSPS) is 11.6. The topological polar surface area (TPSA) is 60.2 Å². The smallest absolute Gasteiger partial charge is 0.207 e. The molecule has 0 radical (unpaired) electrons. The van der Waals surface area contributed by atoms with Crippen LogP contribution in [0.5, 0.6) is 0 Å². The van der Waals surface area contributed by atoms with Crippen LogP contribution in [0.2, 0.25) is 0 Å². The Labute approximate surface area is 210 Å². The third-order valence-electron chi connectivity index (χ3n) is 6.13. The summed E-state index contributed by atoms with van der Waals surface area (Å²) in [5.74, 6) is 0.403. The summed E-state index contributed by atoms with van der Waals surface area (Å²) in [7, 11) is -3.33. The fourth-order valence-electron chi connectivity index (χ4n) is 4.21. The van der Waals surface area contributed by atoms with Gasteiger partial charge in [0.15, 0.2) is 15.6 Å². The van der Waals surface area contributed by atoms with Gasteiger partial charge in [-0.25, -0.2) is 17.8 Å². The molecule has 0 saturated carbocycles. The number of nitrogens with zero attached hydrogens (tertiary/aromatic N) is 1. The number of aromatic nitrogens is 1. The highest BCUT2D eigenvalue weighted by molar-refractivity contribution is 7.91. The Kier molecular flexibility index (Phi) is 6.53. The monoisotopic (exact) mass is 497 g/mol. The molecule has 0 unspecified atom stereocenters. The number of hydrogen-bond donors (Lipinski definition) is 0. The fourth-order valence-corrected chi connectivity index (χ4v) is 5.09. The van der Waals surface area contributed by atoms with E-state index in [1.807, 2.05) is 60.7 Å². The molecule has 0 amide bonds. The van der Waals surface area contributed by atoms with Crippen LogP contribution >= 0.6 is 0 Å². The molecule has 4 nitrogen and oxygen atoms in total.